The van der Waals surface area contributed by atoms with E-state index in [-0.39, 0.29) is 0 Å². The molecule has 0 aliphatic rings. The predicted octanol–water partition coefficient (Wildman–Crippen LogP) is 5.03. The second-order valence-electron chi connectivity index (χ2n) is 6.24. The predicted molar refractivity (Wildman–Crippen MR) is 103 cm³/mol. The number of nitrogens with one attached hydrogen (secondary N) is 1. The molecule has 4 aromatic rings. The maximum atomic E-state index is 4.43. The third kappa shape index (κ3) is 3.50. The number of fused-ring (bicyclic) bond motifs is 1. The largest absolute Gasteiger partial charge is 0.277 e. The Balaban J connectivity index is 1.64. The lowest BCUT2D eigenvalue weighted by atomic mass is 10.0. The van der Waals surface area contributed by atoms with Crippen LogP contribution in [0, 0.1) is 6.92 Å². The number of rotatable bonds is 4. The topological polar surface area (TPSA) is 41.6 Å². The van der Waals surface area contributed by atoms with Gasteiger partial charge in [0.15, 0.2) is 0 Å². The van der Waals surface area contributed by atoms with Gasteiger partial charge in [0, 0.05) is 11.6 Å². The van der Waals surface area contributed by atoms with Gasteiger partial charge in [0.25, 0.3) is 0 Å². The van der Waals surface area contributed by atoms with E-state index in [2.05, 4.69) is 64.6 Å². The van der Waals surface area contributed by atoms with E-state index in [1.54, 1.807) is 6.20 Å². The van der Waals surface area contributed by atoms with Crippen molar-refractivity contribution in [3.63, 3.8) is 0 Å². The second kappa shape index (κ2) is 6.73. The van der Waals surface area contributed by atoms with Gasteiger partial charge >= 0.3 is 0 Å². The number of aryl methyl sites for hydroxylation is 1. The zero-order valence-electron chi connectivity index (χ0n) is 14.1. The van der Waals surface area contributed by atoms with E-state index in [0.717, 1.165) is 28.7 Å². The Morgan fingerprint density at radius 1 is 0.920 bits per heavy atom. The molecule has 25 heavy (non-hydrogen) atoms. The highest BCUT2D eigenvalue weighted by molar-refractivity contribution is 5.89. The van der Waals surface area contributed by atoms with Gasteiger partial charge in [0.05, 0.1) is 16.9 Å². The standard InChI is InChI=1S/C22H19N3/c1-16-5-4-6-17(13-16)14-18-8-10-21-20(15-18)22(25-24-21)11-9-19-7-2-3-12-23-19/h2-13,15H,14H2,1H3,(H,24,25). The molecular formula is C22H19N3. The zero-order valence-corrected chi connectivity index (χ0v) is 14.1. The lowest BCUT2D eigenvalue weighted by Crippen LogP contribution is -1.89. The normalized spacial score (nSPS) is 11.4. The number of nitrogens with zero attached hydrogens (tertiary/aromatic N) is 2. The van der Waals surface area contributed by atoms with Gasteiger partial charge in [0.1, 0.15) is 0 Å². The number of hydrogen-bond acceptors (Lipinski definition) is 2. The first-order valence-electron chi connectivity index (χ1n) is 8.39. The summed E-state index contributed by atoms with van der Waals surface area (Å²) in [6.45, 7) is 2.13. The van der Waals surface area contributed by atoms with Crippen LogP contribution in [0.15, 0.2) is 66.9 Å². The molecule has 0 fully saturated rings. The fourth-order valence-corrected chi connectivity index (χ4v) is 3.02. The van der Waals surface area contributed by atoms with E-state index in [9.17, 15) is 0 Å². The summed E-state index contributed by atoms with van der Waals surface area (Å²) < 4.78 is 0. The van der Waals surface area contributed by atoms with E-state index in [4.69, 9.17) is 0 Å². The van der Waals surface area contributed by atoms with Gasteiger partial charge in [0.2, 0.25) is 0 Å². The van der Waals surface area contributed by atoms with Gasteiger partial charge in [-0.05, 0) is 60.9 Å². The molecule has 0 aliphatic carbocycles. The average molecular weight is 325 g/mol. The van der Waals surface area contributed by atoms with Crippen LogP contribution < -0.4 is 0 Å². The Morgan fingerprint density at radius 2 is 1.84 bits per heavy atom. The van der Waals surface area contributed by atoms with Gasteiger partial charge in [-0.3, -0.25) is 10.1 Å². The van der Waals surface area contributed by atoms with Gasteiger partial charge in [-0.15, -0.1) is 0 Å². The molecule has 2 aromatic heterocycles. The van der Waals surface area contributed by atoms with Crippen LogP contribution in [0.4, 0.5) is 0 Å². The summed E-state index contributed by atoms with van der Waals surface area (Å²) >= 11 is 0. The van der Waals surface area contributed by atoms with E-state index in [1.165, 1.54) is 16.7 Å². The molecule has 0 spiro atoms. The van der Waals surface area contributed by atoms with Crippen LogP contribution >= 0.6 is 0 Å². The smallest absolute Gasteiger partial charge is 0.0928 e. The number of aromatic nitrogens is 3. The van der Waals surface area contributed by atoms with Gasteiger partial charge in [-0.25, -0.2) is 0 Å². The molecule has 0 radical (unpaired) electrons. The number of hydrogen-bond donors (Lipinski definition) is 1. The van der Waals surface area contributed by atoms with E-state index in [1.807, 2.05) is 30.4 Å². The summed E-state index contributed by atoms with van der Waals surface area (Å²) in [5.41, 5.74) is 6.82. The van der Waals surface area contributed by atoms with Gasteiger partial charge in [-0.1, -0.05) is 42.0 Å². The molecule has 3 heteroatoms. The third-order valence-corrected chi connectivity index (χ3v) is 4.25. The molecule has 3 nitrogen and oxygen atoms in total. The van der Waals surface area contributed by atoms with Crippen molar-refractivity contribution in [2.45, 2.75) is 13.3 Å². The van der Waals surface area contributed by atoms with E-state index < -0.39 is 0 Å². The first kappa shape index (κ1) is 15.3. The van der Waals surface area contributed by atoms with Crippen LogP contribution in [0.1, 0.15) is 28.1 Å². The first-order valence-corrected chi connectivity index (χ1v) is 8.39. The van der Waals surface area contributed by atoms with Crippen molar-refractivity contribution in [1.29, 1.82) is 0 Å². The summed E-state index contributed by atoms with van der Waals surface area (Å²) in [7, 11) is 0. The molecule has 0 unspecified atom stereocenters. The molecule has 0 atom stereocenters. The molecule has 2 heterocycles. The monoisotopic (exact) mass is 325 g/mol. The average Bonchev–Trinajstić information content (AvgIpc) is 3.03. The van der Waals surface area contributed by atoms with Crippen LogP contribution in [0.3, 0.4) is 0 Å². The van der Waals surface area contributed by atoms with Crippen LogP contribution in [-0.4, -0.2) is 15.2 Å². The molecule has 0 aliphatic heterocycles. The summed E-state index contributed by atoms with van der Waals surface area (Å²) in [6.07, 6.45) is 6.72. The number of aromatic amines is 1. The van der Waals surface area contributed by atoms with Crippen molar-refractivity contribution in [1.82, 2.24) is 15.2 Å². The van der Waals surface area contributed by atoms with Crippen molar-refractivity contribution >= 4 is 23.1 Å². The fourth-order valence-electron chi connectivity index (χ4n) is 3.02. The highest BCUT2D eigenvalue weighted by Gasteiger charge is 2.05. The highest BCUT2D eigenvalue weighted by Crippen LogP contribution is 2.21. The van der Waals surface area contributed by atoms with Crippen molar-refractivity contribution in [2.75, 3.05) is 0 Å². The van der Waals surface area contributed by atoms with Crippen LogP contribution in [-0.2, 0) is 6.42 Å². The summed E-state index contributed by atoms with van der Waals surface area (Å²) in [4.78, 5) is 4.32. The lowest BCUT2D eigenvalue weighted by molar-refractivity contribution is 1.11. The summed E-state index contributed by atoms with van der Waals surface area (Å²) in [6, 6.07) is 21.0. The molecular weight excluding hydrogens is 306 g/mol. The minimum Gasteiger partial charge on any atom is -0.277 e. The Hall–Kier alpha value is -3.20. The molecule has 0 saturated carbocycles. The number of pyridine rings is 1. The van der Waals surface area contributed by atoms with Crippen LogP contribution in [0.5, 0.6) is 0 Å². The maximum Gasteiger partial charge on any atom is 0.0928 e. The summed E-state index contributed by atoms with van der Waals surface area (Å²) in [5, 5.41) is 8.67. The Morgan fingerprint density at radius 3 is 2.68 bits per heavy atom. The van der Waals surface area contributed by atoms with Crippen molar-refractivity contribution < 1.29 is 0 Å². The van der Waals surface area contributed by atoms with Crippen molar-refractivity contribution in [2.24, 2.45) is 0 Å². The van der Waals surface area contributed by atoms with E-state index in [0.29, 0.717) is 0 Å². The van der Waals surface area contributed by atoms with Crippen LogP contribution in [0.25, 0.3) is 23.1 Å². The molecule has 0 saturated heterocycles. The minimum absolute atomic E-state index is 0.923. The Bertz CT molecular complexity index is 1030. The highest BCUT2D eigenvalue weighted by atomic mass is 15.1. The molecule has 0 bridgehead atoms. The quantitative estimate of drug-likeness (QED) is 0.572. The van der Waals surface area contributed by atoms with Gasteiger partial charge < -0.3 is 0 Å². The SMILES string of the molecule is Cc1cccc(Cc2ccc3[nH]nc(C=Cc4ccccn4)c3c2)c1. The Kier molecular flexibility index (Phi) is 4.13. The van der Waals surface area contributed by atoms with Gasteiger partial charge in [-0.2, -0.15) is 5.10 Å². The molecule has 2 aromatic carbocycles. The first-order chi connectivity index (χ1) is 12.3. The van der Waals surface area contributed by atoms with Crippen LogP contribution in [0.2, 0.25) is 0 Å². The third-order valence-electron chi connectivity index (χ3n) is 4.25. The lowest BCUT2D eigenvalue weighted by Gasteiger charge is -2.04. The minimum atomic E-state index is 0.923. The van der Waals surface area contributed by atoms with Crippen molar-refractivity contribution in [3.05, 3.63) is 94.9 Å². The second-order valence-corrected chi connectivity index (χ2v) is 6.24. The fraction of sp³-hybridized carbons (Fsp3) is 0.0909. The van der Waals surface area contributed by atoms with Crippen molar-refractivity contribution in [3.8, 4) is 0 Å². The molecule has 0 amide bonds. The molecule has 1 N–H and O–H groups in total. The van der Waals surface area contributed by atoms with E-state index >= 15 is 0 Å². The zero-order chi connectivity index (χ0) is 17.1. The maximum absolute atomic E-state index is 4.43. The molecule has 122 valence electrons. The molecule has 4 rings (SSSR count). The number of benzene rings is 2. The summed E-state index contributed by atoms with van der Waals surface area (Å²) in [5.74, 6) is 0. The Labute approximate surface area is 147 Å². The number of H-pyrrole nitrogens is 1.